The Balaban J connectivity index is 0.000000461. The van der Waals surface area contributed by atoms with Gasteiger partial charge in [-0.3, -0.25) is 9.69 Å². The second kappa shape index (κ2) is 15.3. The van der Waals surface area contributed by atoms with E-state index in [0.717, 1.165) is 32.2 Å². The van der Waals surface area contributed by atoms with Gasteiger partial charge in [-0.1, -0.05) is 17.7 Å². The standard InChI is InChI=1S/C28H23ClF7N5O3.C7H12FN/c1-11-9-41(10-13(37-11)4-6-17(43)28(34,35)36)26-19-23(39-27(40-26)44-2)21(31)22(38-24(19)25(32)33)15-8-14(42)7-12-3-5-16(30)20(29)18(12)15;8-6-4-7-2-1-3-9(7)5-6/h3,5,7-8,11,13,25,37,42H,4,6,9-10H2,1-2H3;6-7H,1-5H2. The van der Waals surface area contributed by atoms with Crippen molar-refractivity contribution in [2.75, 3.05) is 38.2 Å². The first-order chi connectivity index (χ1) is 25.0. The Kier molecular flexibility index (Phi) is 11.2. The number of nitrogens with zero attached hydrogens (tertiary/aromatic N) is 5. The highest BCUT2D eigenvalue weighted by Gasteiger charge is 2.39. The Morgan fingerprint density at radius 3 is 2.55 bits per heavy atom. The van der Waals surface area contributed by atoms with Crippen molar-refractivity contribution in [3.63, 3.8) is 0 Å². The van der Waals surface area contributed by atoms with E-state index >= 15 is 4.39 Å². The molecule has 5 heterocycles. The van der Waals surface area contributed by atoms with E-state index in [0.29, 0.717) is 12.6 Å². The summed E-state index contributed by atoms with van der Waals surface area (Å²) in [5, 5.41) is 12.5. The Labute approximate surface area is 303 Å². The van der Waals surface area contributed by atoms with Crippen molar-refractivity contribution < 1.29 is 49.8 Å². The van der Waals surface area contributed by atoms with Crippen molar-refractivity contribution in [3.05, 3.63) is 46.6 Å². The Morgan fingerprint density at radius 2 is 1.87 bits per heavy atom. The van der Waals surface area contributed by atoms with Gasteiger partial charge in [-0.05, 0) is 62.7 Å². The average Bonchev–Trinajstić information content (AvgIpc) is 3.69. The van der Waals surface area contributed by atoms with E-state index in [2.05, 4.69) is 25.2 Å². The summed E-state index contributed by atoms with van der Waals surface area (Å²) in [6.07, 6.45) is -6.53. The largest absolute Gasteiger partial charge is 0.508 e. The van der Waals surface area contributed by atoms with Crippen LogP contribution in [-0.2, 0) is 4.79 Å². The number of rotatable bonds is 7. The third-order valence-electron chi connectivity index (χ3n) is 9.66. The van der Waals surface area contributed by atoms with Gasteiger partial charge in [0.05, 0.1) is 17.5 Å². The number of alkyl halides is 6. The predicted octanol–water partition coefficient (Wildman–Crippen LogP) is 7.70. The molecule has 9 nitrogen and oxygen atoms in total. The highest BCUT2D eigenvalue weighted by Crippen LogP contribution is 2.43. The molecule has 3 aliphatic heterocycles. The number of ketones is 1. The van der Waals surface area contributed by atoms with Gasteiger partial charge in [-0.2, -0.15) is 23.1 Å². The number of aromatic hydroxyl groups is 1. The van der Waals surface area contributed by atoms with Gasteiger partial charge < -0.3 is 20.1 Å². The number of fused-ring (bicyclic) bond motifs is 3. The zero-order chi connectivity index (χ0) is 38.4. The first-order valence-electron chi connectivity index (χ1n) is 16.9. The van der Waals surface area contributed by atoms with Crippen LogP contribution in [0.25, 0.3) is 32.9 Å². The second-order valence-electron chi connectivity index (χ2n) is 13.4. The van der Waals surface area contributed by atoms with E-state index in [9.17, 15) is 40.6 Å². The van der Waals surface area contributed by atoms with Crippen LogP contribution in [0.2, 0.25) is 5.02 Å². The molecule has 286 valence electrons. The average molecular weight is 775 g/mol. The first kappa shape index (κ1) is 38.6. The minimum Gasteiger partial charge on any atom is -0.508 e. The summed E-state index contributed by atoms with van der Waals surface area (Å²) in [7, 11) is 1.16. The van der Waals surface area contributed by atoms with Crippen LogP contribution in [0.4, 0.5) is 40.9 Å². The van der Waals surface area contributed by atoms with E-state index in [1.165, 1.54) is 29.9 Å². The third-order valence-corrected chi connectivity index (χ3v) is 10.0. The van der Waals surface area contributed by atoms with Crippen molar-refractivity contribution in [2.45, 2.75) is 75.9 Å². The molecule has 0 saturated carbocycles. The van der Waals surface area contributed by atoms with Crippen LogP contribution in [0.1, 0.15) is 51.1 Å². The molecule has 4 aromatic rings. The minimum absolute atomic E-state index is 0.0805. The number of aromatic nitrogens is 3. The number of anilines is 1. The fourth-order valence-corrected chi connectivity index (χ4v) is 7.66. The number of phenols is 1. The zero-order valence-electron chi connectivity index (χ0n) is 28.5. The van der Waals surface area contributed by atoms with E-state index in [1.54, 1.807) is 6.92 Å². The number of pyridine rings is 1. The molecule has 53 heavy (non-hydrogen) atoms. The van der Waals surface area contributed by atoms with Crippen LogP contribution in [0, 0.1) is 11.6 Å². The number of benzene rings is 2. The third kappa shape index (κ3) is 8.06. The molecule has 2 aromatic heterocycles. The smallest absolute Gasteiger partial charge is 0.449 e. The lowest BCUT2D eigenvalue weighted by Gasteiger charge is -2.39. The lowest BCUT2D eigenvalue weighted by atomic mass is 9.99. The summed E-state index contributed by atoms with van der Waals surface area (Å²) in [5.41, 5.74) is -2.57. The van der Waals surface area contributed by atoms with Gasteiger partial charge in [0.25, 0.3) is 6.43 Å². The van der Waals surface area contributed by atoms with Gasteiger partial charge in [0, 0.05) is 55.1 Å². The first-order valence-corrected chi connectivity index (χ1v) is 17.3. The number of nitrogens with one attached hydrogen (secondary N) is 1. The minimum atomic E-state index is -5.00. The van der Waals surface area contributed by atoms with Crippen molar-refractivity contribution >= 4 is 44.9 Å². The number of Topliss-reactive ketones (excluding diaryl/α,β-unsaturated/α-hetero) is 1. The normalized spacial score (nSPS) is 22.0. The summed E-state index contributed by atoms with van der Waals surface area (Å²) in [4.78, 5) is 27.3. The molecule has 3 fully saturated rings. The van der Waals surface area contributed by atoms with Gasteiger partial charge in [0.1, 0.15) is 40.5 Å². The van der Waals surface area contributed by atoms with Gasteiger partial charge in [-0.25, -0.2) is 26.9 Å². The Hall–Kier alpha value is -4.09. The van der Waals surface area contributed by atoms with Crippen molar-refractivity contribution in [3.8, 4) is 23.0 Å². The molecule has 2 N–H and O–H groups in total. The quantitative estimate of drug-likeness (QED) is 0.183. The molecule has 2 aromatic carbocycles. The molecule has 0 spiro atoms. The van der Waals surface area contributed by atoms with Gasteiger partial charge >= 0.3 is 12.2 Å². The molecule has 3 saturated heterocycles. The molecule has 4 unspecified atom stereocenters. The van der Waals surface area contributed by atoms with Gasteiger partial charge in [-0.15, -0.1) is 0 Å². The molecular formula is C35H35ClF8N6O3. The van der Waals surface area contributed by atoms with Crippen LogP contribution >= 0.6 is 11.6 Å². The van der Waals surface area contributed by atoms with Crippen LogP contribution < -0.4 is 15.0 Å². The molecule has 4 atom stereocenters. The van der Waals surface area contributed by atoms with Crippen LogP contribution in [0.15, 0.2) is 24.3 Å². The number of carbonyl (C=O) groups is 1. The number of methoxy groups -OCH3 is 1. The SMILES string of the molecule is COc1nc(N2CC(C)NC(CCC(=O)C(F)(F)F)C2)c2c(C(F)F)nc(-c3cc(O)cc4ccc(F)c(Cl)c34)c(F)c2n1.FC1CC2CCCN2C1. The second-order valence-corrected chi connectivity index (χ2v) is 13.8. The van der Waals surface area contributed by atoms with Crippen LogP contribution in [0.3, 0.4) is 0 Å². The van der Waals surface area contributed by atoms with Crippen molar-refractivity contribution in [2.24, 2.45) is 0 Å². The fourth-order valence-electron chi connectivity index (χ4n) is 7.39. The maximum atomic E-state index is 16.4. The molecule has 0 bridgehead atoms. The van der Waals surface area contributed by atoms with Crippen molar-refractivity contribution in [1.82, 2.24) is 25.2 Å². The maximum absolute atomic E-state index is 16.4. The number of carbonyl (C=O) groups excluding carboxylic acids is 1. The molecule has 7 rings (SSSR count). The lowest BCUT2D eigenvalue weighted by Crippen LogP contribution is -2.56. The molecule has 0 amide bonds. The summed E-state index contributed by atoms with van der Waals surface area (Å²) in [6, 6.07) is 3.62. The number of piperazine rings is 1. The monoisotopic (exact) mass is 774 g/mol. The summed E-state index contributed by atoms with van der Waals surface area (Å²) < 4.78 is 116. The Morgan fingerprint density at radius 1 is 1.11 bits per heavy atom. The number of hydrogen-bond donors (Lipinski definition) is 2. The topological polar surface area (TPSA) is 104 Å². The highest BCUT2D eigenvalue weighted by atomic mass is 35.5. The molecule has 18 heteroatoms. The zero-order valence-corrected chi connectivity index (χ0v) is 29.2. The number of hydrogen-bond acceptors (Lipinski definition) is 9. The van der Waals surface area contributed by atoms with E-state index < -0.39 is 93.8 Å². The fraction of sp³-hybridized carbons (Fsp3) is 0.486. The van der Waals surface area contributed by atoms with E-state index in [-0.39, 0.29) is 41.7 Å². The molecular weight excluding hydrogens is 740 g/mol. The predicted molar refractivity (Wildman–Crippen MR) is 181 cm³/mol. The van der Waals surface area contributed by atoms with Crippen LogP contribution in [-0.4, -0.2) is 94.5 Å². The van der Waals surface area contributed by atoms with E-state index in [1.807, 2.05) is 0 Å². The maximum Gasteiger partial charge on any atom is 0.449 e. The number of halogens is 9. The van der Waals surface area contributed by atoms with Crippen molar-refractivity contribution in [1.29, 1.82) is 0 Å². The van der Waals surface area contributed by atoms with Gasteiger partial charge in [0.15, 0.2) is 5.82 Å². The molecule has 3 aliphatic rings. The van der Waals surface area contributed by atoms with Gasteiger partial charge in [0.2, 0.25) is 5.78 Å². The summed E-state index contributed by atoms with van der Waals surface area (Å²) in [5.74, 6) is -4.64. The Bertz CT molecular complexity index is 2010. The van der Waals surface area contributed by atoms with E-state index in [4.69, 9.17) is 16.3 Å². The van der Waals surface area contributed by atoms with Crippen LogP contribution in [0.5, 0.6) is 11.8 Å². The molecule has 0 radical (unpaired) electrons. The molecule has 0 aliphatic carbocycles. The number of ether oxygens (including phenoxy) is 1. The lowest BCUT2D eigenvalue weighted by molar-refractivity contribution is -0.171. The highest BCUT2D eigenvalue weighted by molar-refractivity contribution is 6.37. The summed E-state index contributed by atoms with van der Waals surface area (Å²) >= 11 is 6.18. The number of phenolic OH excluding ortho intramolecular Hbond substituents is 1. The summed E-state index contributed by atoms with van der Waals surface area (Å²) in [6.45, 7) is 3.57.